The summed E-state index contributed by atoms with van der Waals surface area (Å²) in [5, 5.41) is 2.84. The van der Waals surface area contributed by atoms with E-state index in [0.29, 0.717) is 19.7 Å². The van der Waals surface area contributed by atoms with Crippen LogP contribution < -0.4 is 10.0 Å². The van der Waals surface area contributed by atoms with E-state index in [-0.39, 0.29) is 18.6 Å². The van der Waals surface area contributed by atoms with Crippen LogP contribution in [-0.2, 0) is 14.8 Å². The number of nitrogens with one attached hydrogen (secondary N) is 2. The number of amides is 2. The van der Waals surface area contributed by atoms with Gasteiger partial charge >= 0.3 is 6.03 Å². The summed E-state index contributed by atoms with van der Waals surface area (Å²) in [7, 11) is -1.60. The molecule has 0 spiro atoms. The number of piperidine rings is 1. The zero-order chi connectivity index (χ0) is 15.0. The molecule has 1 fully saturated rings. The molecule has 0 aromatic heterocycles. The third-order valence-electron chi connectivity index (χ3n) is 3.27. The van der Waals surface area contributed by atoms with Gasteiger partial charge in [-0.25, -0.2) is 17.9 Å². The number of ether oxygens (including phenoxy) is 1. The van der Waals surface area contributed by atoms with E-state index in [9.17, 15) is 13.2 Å². The minimum Gasteiger partial charge on any atom is -0.385 e. The van der Waals surface area contributed by atoms with Gasteiger partial charge in [0.05, 0.1) is 6.26 Å². The lowest BCUT2D eigenvalue weighted by molar-refractivity contribution is 0.150. The van der Waals surface area contributed by atoms with Crippen molar-refractivity contribution in [3.05, 3.63) is 0 Å². The quantitative estimate of drug-likeness (QED) is 0.655. The van der Waals surface area contributed by atoms with Crippen molar-refractivity contribution >= 4 is 16.1 Å². The van der Waals surface area contributed by atoms with Crippen molar-refractivity contribution in [1.82, 2.24) is 14.9 Å². The van der Waals surface area contributed by atoms with Crippen LogP contribution in [0.1, 0.15) is 25.7 Å². The van der Waals surface area contributed by atoms with E-state index in [1.165, 1.54) is 0 Å². The summed E-state index contributed by atoms with van der Waals surface area (Å²) in [6.07, 6.45) is 4.70. The first kappa shape index (κ1) is 17.2. The first-order chi connectivity index (χ1) is 9.44. The molecule has 0 bridgehead atoms. The van der Waals surface area contributed by atoms with Crippen molar-refractivity contribution in [3.63, 3.8) is 0 Å². The Balaban J connectivity index is 2.44. The van der Waals surface area contributed by atoms with E-state index in [4.69, 9.17) is 4.74 Å². The number of likely N-dealkylation sites (tertiary alicyclic amines) is 1. The topological polar surface area (TPSA) is 87.7 Å². The molecule has 8 heteroatoms. The number of carbonyl (C=O) groups excluding carboxylic acids is 1. The Morgan fingerprint density at radius 3 is 2.80 bits per heavy atom. The van der Waals surface area contributed by atoms with E-state index in [1.807, 2.05) is 0 Å². The second-order valence-electron chi connectivity index (χ2n) is 5.04. The van der Waals surface area contributed by atoms with Gasteiger partial charge in [0.15, 0.2) is 0 Å². The molecule has 0 radical (unpaired) electrons. The Morgan fingerprint density at radius 2 is 2.15 bits per heavy atom. The number of urea groups is 1. The van der Waals surface area contributed by atoms with E-state index < -0.39 is 10.0 Å². The molecule has 0 aromatic carbocycles. The van der Waals surface area contributed by atoms with Gasteiger partial charge in [0.25, 0.3) is 0 Å². The average molecular weight is 307 g/mol. The third kappa shape index (κ3) is 6.53. The predicted molar refractivity (Wildman–Crippen MR) is 77.1 cm³/mol. The van der Waals surface area contributed by atoms with Crippen molar-refractivity contribution < 1.29 is 17.9 Å². The molecule has 1 aliphatic rings. The van der Waals surface area contributed by atoms with Crippen LogP contribution in [0.4, 0.5) is 4.79 Å². The lowest BCUT2D eigenvalue weighted by atomic mass is 10.0. The van der Waals surface area contributed by atoms with Gasteiger partial charge < -0.3 is 15.0 Å². The van der Waals surface area contributed by atoms with Gasteiger partial charge in [0.1, 0.15) is 0 Å². The van der Waals surface area contributed by atoms with Gasteiger partial charge in [-0.05, 0) is 25.7 Å². The fourth-order valence-electron chi connectivity index (χ4n) is 2.24. The molecule has 0 aromatic rings. The zero-order valence-corrected chi connectivity index (χ0v) is 13.0. The number of hydrogen-bond acceptors (Lipinski definition) is 4. The van der Waals surface area contributed by atoms with E-state index in [2.05, 4.69) is 10.0 Å². The normalized spacial score (nSPS) is 19.9. The summed E-state index contributed by atoms with van der Waals surface area (Å²) in [4.78, 5) is 13.8. The largest absolute Gasteiger partial charge is 0.385 e. The predicted octanol–water partition coefficient (Wildman–Crippen LogP) is 0.136. The molecule has 0 saturated carbocycles. The summed E-state index contributed by atoms with van der Waals surface area (Å²) in [5.41, 5.74) is 0. The fraction of sp³-hybridized carbons (Fsp3) is 0.917. The number of sulfonamides is 1. The molecule has 0 unspecified atom stereocenters. The average Bonchev–Trinajstić information content (AvgIpc) is 2.40. The molecule has 0 aliphatic carbocycles. The van der Waals surface area contributed by atoms with Crippen molar-refractivity contribution in [2.45, 2.75) is 31.7 Å². The first-order valence-corrected chi connectivity index (χ1v) is 8.81. The van der Waals surface area contributed by atoms with Crippen LogP contribution in [0.15, 0.2) is 0 Å². The monoisotopic (exact) mass is 307 g/mol. The SMILES string of the molecule is COCCCNC(=O)N1CCCC[C@@H]1CNS(C)(=O)=O. The fourth-order valence-corrected chi connectivity index (χ4v) is 2.74. The van der Waals surface area contributed by atoms with Crippen LogP contribution in [0.25, 0.3) is 0 Å². The molecule has 1 rings (SSSR count). The van der Waals surface area contributed by atoms with Gasteiger partial charge in [-0.1, -0.05) is 0 Å². The Kier molecular flexibility index (Phi) is 7.25. The van der Waals surface area contributed by atoms with Crippen LogP contribution in [0.3, 0.4) is 0 Å². The standard InChI is InChI=1S/C12H25N3O4S/c1-19-9-5-7-13-12(16)15-8-4-3-6-11(15)10-14-20(2,17)18/h11,14H,3-10H2,1-2H3,(H,13,16)/t11-/m1/s1. The molecule has 20 heavy (non-hydrogen) atoms. The summed E-state index contributed by atoms with van der Waals surface area (Å²) < 4.78 is 29.7. The number of methoxy groups -OCH3 is 1. The molecule has 7 nitrogen and oxygen atoms in total. The molecule has 2 amide bonds. The Bertz CT molecular complexity index is 400. The molecular formula is C12H25N3O4S. The van der Waals surface area contributed by atoms with Crippen LogP contribution in [-0.4, -0.2) is 65.0 Å². The van der Waals surface area contributed by atoms with E-state index in [1.54, 1.807) is 12.0 Å². The maximum absolute atomic E-state index is 12.1. The summed E-state index contributed by atoms with van der Waals surface area (Å²) in [6, 6.07) is -0.193. The van der Waals surface area contributed by atoms with Crippen LogP contribution >= 0.6 is 0 Å². The lowest BCUT2D eigenvalue weighted by Crippen LogP contribution is -2.52. The second-order valence-corrected chi connectivity index (χ2v) is 6.87. The van der Waals surface area contributed by atoms with Gasteiger partial charge in [-0.3, -0.25) is 0 Å². The Hall–Kier alpha value is -0.860. The maximum atomic E-state index is 12.1. The van der Waals surface area contributed by atoms with Gasteiger partial charge in [0, 0.05) is 39.4 Å². The number of nitrogens with zero attached hydrogens (tertiary/aromatic N) is 1. The molecule has 1 aliphatic heterocycles. The van der Waals surface area contributed by atoms with Crippen molar-refractivity contribution in [2.75, 3.05) is 39.6 Å². The van der Waals surface area contributed by atoms with Crippen LogP contribution in [0, 0.1) is 0 Å². The minimum absolute atomic E-state index is 0.0686. The number of rotatable bonds is 7. The summed E-state index contributed by atoms with van der Waals surface area (Å²) in [6.45, 7) is 2.13. The van der Waals surface area contributed by atoms with Crippen molar-refractivity contribution in [1.29, 1.82) is 0 Å². The second kappa shape index (κ2) is 8.43. The smallest absolute Gasteiger partial charge is 0.317 e. The van der Waals surface area contributed by atoms with Gasteiger partial charge in [0.2, 0.25) is 10.0 Å². The highest BCUT2D eigenvalue weighted by atomic mass is 32.2. The lowest BCUT2D eigenvalue weighted by Gasteiger charge is -2.35. The van der Waals surface area contributed by atoms with Crippen LogP contribution in [0.5, 0.6) is 0 Å². The highest BCUT2D eigenvalue weighted by molar-refractivity contribution is 7.88. The van der Waals surface area contributed by atoms with Gasteiger partial charge in [-0.15, -0.1) is 0 Å². The minimum atomic E-state index is -3.22. The molecule has 2 N–H and O–H groups in total. The maximum Gasteiger partial charge on any atom is 0.317 e. The van der Waals surface area contributed by atoms with E-state index in [0.717, 1.165) is 31.9 Å². The molecule has 1 heterocycles. The Labute approximate surface area is 121 Å². The molecular weight excluding hydrogens is 282 g/mol. The number of carbonyl (C=O) groups is 1. The number of hydrogen-bond donors (Lipinski definition) is 2. The molecule has 118 valence electrons. The third-order valence-corrected chi connectivity index (χ3v) is 3.96. The van der Waals surface area contributed by atoms with Gasteiger partial charge in [-0.2, -0.15) is 0 Å². The first-order valence-electron chi connectivity index (χ1n) is 6.92. The zero-order valence-electron chi connectivity index (χ0n) is 12.2. The van der Waals surface area contributed by atoms with Crippen molar-refractivity contribution in [3.8, 4) is 0 Å². The molecule has 1 atom stereocenters. The summed E-state index contributed by atoms with van der Waals surface area (Å²) >= 11 is 0. The highest BCUT2D eigenvalue weighted by Gasteiger charge is 2.26. The highest BCUT2D eigenvalue weighted by Crippen LogP contribution is 2.16. The Morgan fingerprint density at radius 1 is 1.40 bits per heavy atom. The molecule has 1 saturated heterocycles. The summed E-state index contributed by atoms with van der Waals surface area (Å²) in [5.74, 6) is 0. The van der Waals surface area contributed by atoms with Crippen LogP contribution in [0.2, 0.25) is 0 Å². The van der Waals surface area contributed by atoms with Crippen molar-refractivity contribution in [2.24, 2.45) is 0 Å². The van der Waals surface area contributed by atoms with E-state index >= 15 is 0 Å².